The quantitative estimate of drug-likeness (QED) is 0.455. The number of phenolic OH excluding ortho intramolecular Hbond substituents is 1. The Bertz CT molecular complexity index is 402. The van der Waals surface area contributed by atoms with Crippen molar-refractivity contribution in [3.8, 4) is 5.75 Å². The van der Waals surface area contributed by atoms with E-state index in [1.54, 1.807) is 6.07 Å². The molecule has 0 aliphatic heterocycles. The van der Waals surface area contributed by atoms with Gasteiger partial charge in [0, 0.05) is 5.56 Å². The molecule has 0 aromatic heterocycles. The van der Waals surface area contributed by atoms with Crippen molar-refractivity contribution in [2.24, 2.45) is 15.9 Å². The molecule has 0 atom stereocenters. The number of hydrogen-bond donors (Lipinski definition) is 2. The van der Waals surface area contributed by atoms with E-state index in [2.05, 4.69) is 10.2 Å². The van der Waals surface area contributed by atoms with Gasteiger partial charge in [0.05, 0.1) is 6.21 Å². The number of amidine groups is 1. The van der Waals surface area contributed by atoms with Crippen LogP contribution in [0.1, 0.15) is 11.1 Å². The van der Waals surface area contributed by atoms with Crippen LogP contribution in [0.4, 0.5) is 0 Å². The Morgan fingerprint density at radius 2 is 2.27 bits per heavy atom. The topological polar surface area (TPSA) is 71.0 Å². The third-order valence-electron chi connectivity index (χ3n) is 1.75. The van der Waals surface area contributed by atoms with Gasteiger partial charge in [-0.3, -0.25) is 0 Å². The van der Waals surface area contributed by atoms with Crippen LogP contribution in [-0.2, 0) is 0 Å². The summed E-state index contributed by atoms with van der Waals surface area (Å²) in [4.78, 5) is 0. The summed E-state index contributed by atoms with van der Waals surface area (Å²) in [5.41, 5.74) is 7.13. The summed E-state index contributed by atoms with van der Waals surface area (Å²) in [6, 6.07) is 5.27. The molecule has 0 saturated heterocycles. The van der Waals surface area contributed by atoms with Crippen molar-refractivity contribution in [2.75, 3.05) is 6.26 Å². The number of phenols is 1. The second kappa shape index (κ2) is 5.41. The zero-order chi connectivity index (χ0) is 11.3. The average molecular weight is 223 g/mol. The van der Waals surface area contributed by atoms with Crippen molar-refractivity contribution in [1.82, 2.24) is 0 Å². The minimum absolute atomic E-state index is 0.183. The van der Waals surface area contributed by atoms with Crippen molar-refractivity contribution < 1.29 is 5.11 Å². The van der Waals surface area contributed by atoms with Crippen molar-refractivity contribution in [3.05, 3.63) is 29.3 Å². The second-order valence-electron chi connectivity index (χ2n) is 2.95. The molecule has 0 saturated carbocycles. The van der Waals surface area contributed by atoms with Crippen molar-refractivity contribution in [1.29, 1.82) is 0 Å². The van der Waals surface area contributed by atoms with Gasteiger partial charge < -0.3 is 10.8 Å². The zero-order valence-corrected chi connectivity index (χ0v) is 9.45. The van der Waals surface area contributed by atoms with Crippen LogP contribution < -0.4 is 5.73 Å². The monoisotopic (exact) mass is 223 g/mol. The largest absolute Gasteiger partial charge is 0.507 e. The number of hydrogen-bond acceptors (Lipinski definition) is 4. The molecular formula is C10H13N3OS. The van der Waals surface area contributed by atoms with Crippen molar-refractivity contribution in [2.45, 2.75) is 6.92 Å². The molecule has 0 bridgehead atoms. The SMILES string of the molecule is CSC(N)=NN=Cc1cc(C)ccc1O. The van der Waals surface area contributed by atoms with Gasteiger partial charge in [0.2, 0.25) is 0 Å². The van der Waals surface area contributed by atoms with Gasteiger partial charge in [-0.25, -0.2) is 0 Å². The van der Waals surface area contributed by atoms with Crippen LogP contribution in [0.3, 0.4) is 0 Å². The summed E-state index contributed by atoms with van der Waals surface area (Å²) in [5.74, 6) is 0.183. The normalized spacial score (nSPS) is 12.3. The molecule has 1 aromatic rings. The van der Waals surface area contributed by atoms with E-state index in [9.17, 15) is 5.11 Å². The lowest BCUT2D eigenvalue weighted by atomic mass is 10.1. The Morgan fingerprint density at radius 3 is 2.93 bits per heavy atom. The lowest BCUT2D eigenvalue weighted by molar-refractivity contribution is 0.474. The van der Waals surface area contributed by atoms with E-state index in [1.165, 1.54) is 18.0 Å². The molecule has 15 heavy (non-hydrogen) atoms. The number of nitrogens with two attached hydrogens (primary N) is 1. The second-order valence-corrected chi connectivity index (χ2v) is 3.78. The van der Waals surface area contributed by atoms with Gasteiger partial charge in [-0.2, -0.15) is 5.10 Å². The van der Waals surface area contributed by atoms with Crippen molar-refractivity contribution >= 4 is 23.1 Å². The number of benzene rings is 1. The molecule has 0 heterocycles. The lowest BCUT2D eigenvalue weighted by Crippen LogP contribution is -2.03. The lowest BCUT2D eigenvalue weighted by Gasteiger charge is -1.98. The third-order valence-corrected chi connectivity index (χ3v) is 2.25. The summed E-state index contributed by atoms with van der Waals surface area (Å²) in [7, 11) is 0. The Morgan fingerprint density at radius 1 is 1.53 bits per heavy atom. The fourth-order valence-corrected chi connectivity index (χ4v) is 1.09. The van der Waals surface area contributed by atoms with E-state index in [4.69, 9.17) is 5.73 Å². The molecule has 0 fully saturated rings. The number of thioether (sulfide) groups is 1. The molecule has 0 aliphatic rings. The maximum atomic E-state index is 9.48. The highest BCUT2D eigenvalue weighted by molar-refractivity contribution is 8.13. The minimum Gasteiger partial charge on any atom is -0.507 e. The van der Waals surface area contributed by atoms with E-state index < -0.39 is 0 Å². The van der Waals surface area contributed by atoms with Crippen LogP contribution in [-0.4, -0.2) is 22.7 Å². The Balaban J connectivity index is 2.84. The molecular weight excluding hydrogens is 210 g/mol. The van der Waals surface area contributed by atoms with Gasteiger partial charge in [0.25, 0.3) is 0 Å². The molecule has 0 spiro atoms. The smallest absolute Gasteiger partial charge is 0.180 e. The number of rotatable bonds is 2. The van der Waals surface area contributed by atoms with Crippen LogP contribution in [0.5, 0.6) is 5.75 Å². The molecule has 4 nitrogen and oxygen atoms in total. The van der Waals surface area contributed by atoms with Crippen LogP contribution in [0.15, 0.2) is 28.4 Å². The molecule has 0 aliphatic carbocycles. The summed E-state index contributed by atoms with van der Waals surface area (Å²) in [6.45, 7) is 1.94. The van der Waals surface area contributed by atoms with E-state index >= 15 is 0 Å². The van der Waals surface area contributed by atoms with E-state index in [1.807, 2.05) is 25.3 Å². The predicted molar refractivity (Wildman–Crippen MR) is 65.6 cm³/mol. The molecule has 0 amide bonds. The summed E-state index contributed by atoms with van der Waals surface area (Å²) >= 11 is 1.32. The van der Waals surface area contributed by atoms with E-state index in [-0.39, 0.29) is 5.75 Å². The molecule has 1 aromatic carbocycles. The summed E-state index contributed by atoms with van der Waals surface area (Å²) in [5, 5.41) is 17.4. The number of aromatic hydroxyl groups is 1. The van der Waals surface area contributed by atoms with Gasteiger partial charge in [-0.15, -0.1) is 5.10 Å². The summed E-state index contributed by atoms with van der Waals surface area (Å²) in [6.07, 6.45) is 3.30. The standard InChI is InChI=1S/C10H13N3OS/c1-7-3-4-9(14)8(5-7)6-12-13-10(11)15-2/h3-6,14H,1-2H3,(H2,11,13). The molecule has 80 valence electrons. The van der Waals surface area contributed by atoms with Gasteiger partial charge in [-0.05, 0) is 25.3 Å². The van der Waals surface area contributed by atoms with Crippen molar-refractivity contribution in [3.63, 3.8) is 0 Å². The van der Waals surface area contributed by atoms with E-state index in [0.29, 0.717) is 10.7 Å². The van der Waals surface area contributed by atoms with Gasteiger partial charge in [0.15, 0.2) is 5.17 Å². The Hall–Kier alpha value is -1.49. The summed E-state index contributed by atoms with van der Waals surface area (Å²) < 4.78 is 0. The fraction of sp³-hybridized carbons (Fsp3) is 0.200. The first-order chi connectivity index (χ1) is 7.13. The van der Waals surface area contributed by atoms with Crippen LogP contribution in [0.2, 0.25) is 0 Å². The Labute approximate surface area is 92.9 Å². The number of aryl methyl sites for hydroxylation is 1. The molecule has 1 rings (SSSR count). The van der Waals surface area contributed by atoms with Gasteiger partial charge in [0.1, 0.15) is 5.75 Å². The number of nitrogens with zero attached hydrogens (tertiary/aromatic N) is 2. The molecule has 0 radical (unpaired) electrons. The fourth-order valence-electron chi connectivity index (χ4n) is 0.966. The van der Waals surface area contributed by atoms with Crippen LogP contribution in [0, 0.1) is 6.92 Å². The van der Waals surface area contributed by atoms with Gasteiger partial charge >= 0.3 is 0 Å². The highest BCUT2D eigenvalue weighted by Gasteiger charge is 1.97. The minimum atomic E-state index is 0.183. The average Bonchev–Trinajstić information content (AvgIpc) is 2.23. The molecule has 5 heteroatoms. The highest BCUT2D eigenvalue weighted by atomic mass is 32.2. The first-order valence-corrected chi connectivity index (χ1v) is 5.56. The Kier molecular flexibility index (Phi) is 4.17. The van der Waals surface area contributed by atoms with E-state index in [0.717, 1.165) is 5.56 Å². The maximum absolute atomic E-state index is 9.48. The maximum Gasteiger partial charge on any atom is 0.180 e. The molecule has 0 unspecified atom stereocenters. The van der Waals surface area contributed by atoms with Crippen LogP contribution >= 0.6 is 11.8 Å². The molecule has 3 N–H and O–H groups in total. The first kappa shape index (κ1) is 11.6. The van der Waals surface area contributed by atoms with Gasteiger partial charge in [-0.1, -0.05) is 23.4 Å². The first-order valence-electron chi connectivity index (χ1n) is 4.33. The predicted octanol–water partition coefficient (Wildman–Crippen LogP) is 1.71. The highest BCUT2D eigenvalue weighted by Crippen LogP contribution is 2.15. The van der Waals surface area contributed by atoms with Crippen LogP contribution in [0.25, 0.3) is 0 Å². The third kappa shape index (κ3) is 3.63. The zero-order valence-electron chi connectivity index (χ0n) is 8.64.